The quantitative estimate of drug-likeness (QED) is 0.218. The molecule has 0 saturated heterocycles. The van der Waals surface area contributed by atoms with Crippen LogP contribution in [-0.4, -0.2) is 41.6 Å². The van der Waals surface area contributed by atoms with E-state index in [0.29, 0.717) is 24.6 Å². The third kappa shape index (κ3) is 4.74. The molecule has 0 fully saturated rings. The van der Waals surface area contributed by atoms with Crippen LogP contribution in [0.5, 0.6) is 5.75 Å². The van der Waals surface area contributed by atoms with E-state index in [9.17, 15) is 9.59 Å². The first-order valence-electron chi connectivity index (χ1n) is 12.7. The smallest absolute Gasteiger partial charge is 0.242 e. The summed E-state index contributed by atoms with van der Waals surface area (Å²) in [5.41, 5.74) is 3.41. The minimum atomic E-state index is -1.13. The van der Waals surface area contributed by atoms with Crippen molar-refractivity contribution in [3.8, 4) is 17.1 Å². The van der Waals surface area contributed by atoms with Gasteiger partial charge >= 0.3 is 0 Å². The number of imidazole rings is 1. The largest absolute Gasteiger partial charge is 0.493 e. The minimum Gasteiger partial charge on any atom is -0.493 e. The normalized spacial score (nSPS) is 14.7. The van der Waals surface area contributed by atoms with Crippen LogP contribution in [0.1, 0.15) is 27.2 Å². The first-order valence-corrected chi connectivity index (χ1v) is 12.7. The lowest BCUT2D eigenvalue weighted by molar-refractivity contribution is -0.137. The zero-order valence-electron chi connectivity index (χ0n) is 22.2. The highest BCUT2D eigenvalue weighted by Crippen LogP contribution is 2.40. The van der Waals surface area contributed by atoms with Gasteiger partial charge in [-0.15, -0.1) is 12.4 Å². The molecular weight excluding hydrogens is 500 g/mol. The summed E-state index contributed by atoms with van der Waals surface area (Å²) in [7, 11) is 1.72. The molecule has 7 nitrogen and oxygen atoms in total. The maximum absolute atomic E-state index is 13.1. The number of carbonyl (C=O) groups excluding carboxylic acids is 2. The van der Waals surface area contributed by atoms with Crippen LogP contribution < -0.4 is 14.5 Å². The predicted molar refractivity (Wildman–Crippen MR) is 154 cm³/mol. The summed E-state index contributed by atoms with van der Waals surface area (Å²) in [5.74, 6) is 1.19. The molecule has 3 aromatic carbocycles. The minimum absolute atomic E-state index is 0. The maximum atomic E-state index is 13.1. The van der Waals surface area contributed by atoms with Gasteiger partial charge in [0.1, 0.15) is 17.0 Å². The highest BCUT2D eigenvalue weighted by Gasteiger charge is 2.45. The number of hydrogen-bond donors (Lipinski definition) is 0. The lowest BCUT2D eigenvalue weighted by Crippen LogP contribution is -2.47. The van der Waals surface area contributed by atoms with Crippen LogP contribution in [0.3, 0.4) is 0 Å². The van der Waals surface area contributed by atoms with Gasteiger partial charge in [-0.2, -0.15) is 0 Å². The number of carbonyl (C=O) groups is 2. The van der Waals surface area contributed by atoms with E-state index in [1.54, 1.807) is 30.7 Å². The molecule has 0 bridgehead atoms. The van der Waals surface area contributed by atoms with E-state index in [0.717, 1.165) is 41.1 Å². The van der Waals surface area contributed by atoms with Crippen molar-refractivity contribution >= 4 is 46.6 Å². The number of halogens is 1. The van der Waals surface area contributed by atoms with E-state index >= 15 is 0 Å². The van der Waals surface area contributed by atoms with Gasteiger partial charge in [0.2, 0.25) is 11.8 Å². The van der Waals surface area contributed by atoms with Gasteiger partial charge in [0.25, 0.3) is 0 Å². The number of hydrogen-bond acceptors (Lipinski definition) is 4. The Morgan fingerprint density at radius 1 is 0.895 bits per heavy atom. The molecule has 4 aromatic rings. The molecule has 0 saturated carbocycles. The average Bonchev–Trinajstić information content (AvgIpc) is 3.28. The molecule has 5 rings (SSSR count). The first kappa shape index (κ1) is 27.2. The Balaban J connectivity index is 0.00000336. The second-order valence-corrected chi connectivity index (χ2v) is 9.83. The number of benzene rings is 3. The SMILES string of the molecule is CCN1C(=O)C(C)(C)C(=O)N(C)c2cc(OCCCn3c(-c4ccccc4)nc4ccccc43)ccc21.Cl. The molecule has 8 heteroatoms. The third-order valence-corrected chi connectivity index (χ3v) is 7.02. The summed E-state index contributed by atoms with van der Waals surface area (Å²) in [4.78, 5) is 34.3. The summed E-state index contributed by atoms with van der Waals surface area (Å²) < 4.78 is 8.37. The van der Waals surface area contributed by atoms with Gasteiger partial charge in [-0.05, 0) is 51.5 Å². The maximum Gasteiger partial charge on any atom is 0.242 e. The molecule has 0 radical (unpaired) electrons. The zero-order valence-corrected chi connectivity index (χ0v) is 23.0. The highest BCUT2D eigenvalue weighted by atomic mass is 35.5. The van der Waals surface area contributed by atoms with E-state index in [-0.39, 0.29) is 24.2 Å². The van der Waals surface area contributed by atoms with E-state index in [1.165, 1.54) is 0 Å². The Kier molecular flexibility index (Phi) is 7.78. The van der Waals surface area contributed by atoms with E-state index in [1.807, 2.05) is 61.5 Å². The van der Waals surface area contributed by atoms with Crippen molar-refractivity contribution in [3.63, 3.8) is 0 Å². The summed E-state index contributed by atoms with van der Waals surface area (Å²) >= 11 is 0. The molecule has 38 heavy (non-hydrogen) atoms. The van der Waals surface area contributed by atoms with Gasteiger partial charge in [-0.1, -0.05) is 42.5 Å². The molecule has 2 heterocycles. The number of fused-ring (bicyclic) bond motifs is 2. The fourth-order valence-corrected chi connectivity index (χ4v) is 4.99. The molecule has 198 valence electrons. The van der Waals surface area contributed by atoms with Gasteiger partial charge in [0.05, 0.1) is 29.0 Å². The molecule has 1 aromatic heterocycles. The number of rotatable bonds is 7. The van der Waals surface area contributed by atoms with Crippen LogP contribution in [0.15, 0.2) is 72.8 Å². The molecule has 0 spiro atoms. The van der Waals surface area contributed by atoms with Crippen LogP contribution in [0.2, 0.25) is 0 Å². The number of aryl methyl sites for hydroxylation is 1. The van der Waals surface area contributed by atoms with Crippen molar-refractivity contribution in [1.29, 1.82) is 0 Å². The molecule has 0 unspecified atom stereocenters. The number of anilines is 2. The van der Waals surface area contributed by atoms with Crippen molar-refractivity contribution < 1.29 is 14.3 Å². The Bertz CT molecular complexity index is 1470. The molecule has 1 aliphatic rings. The molecule has 0 aliphatic carbocycles. The molecule has 2 amide bonds. The number of aromatic nitrogens is 2. The van der Waals surface area contributed by atoms with E-state index in [2.05, 4.69) is 22.8 Å². The Labute approximate surface area is 229 Å². The van der Waals surface area contributed by atoms with Crippen LogP contribution in [-0.2, 0) is 16.1 Å². The Morgan fingerprint density at radius 3 is 2.34 bits per heavy atom. The van der Waals surface area contributed by atoms with Gasteiger partial charge < -0.3 is 19.1 Å². The molecule has 0 atom stereocenters. The fourth-order valence-electron chi connectivity index (χ4n) is 4.99. The van der Waals surface area contributed by atoms with E-state index < -0.39 is 5.41 Å². The molecule has 0 N–H and O–H groups in total. The standard InChI is InChI=1S/C30H32N4O3.ClH/c1-5-33-25-17-16-22(20-26(25)32(4)28(35)30(2,3)29(33)36)37-19-11-18-34-24-15-10-9-14-23(24)31-27(34)21-12-7-6-8-13-21;/h6-10,12-17,20H,5,11,18-19H2,1-4H3;1H. The van der Waals surface area contributed by atoms with Crippen molar-refractivity contribution in [2.24, 2.45) is 5.41 Å². The van der Waals surface area contributed by atoms with Crippen LogP contribution >= 0.6 is 12.4 Å². The van der Waals surface area contributed by atoms with Gasteiger partial charge in [0.15, 0.2) is 0 Å². The Hall–Kier alpha value is -3.84. The van der Waals surface area contributed by atoms with Gasteiger partial charge in [-0.25, -0.2) is 4.98 Å². The fraction of sp³-hybridized carbons (Fsp3) is 0.300. The van der Waals surface area contributed by atoms with Crippen LogP contribution in [0.4, 0.5) is 11.4 Å². The molecule has 1 aliphatic heterocycles. The third-order valence-electron chi connectivity index (χ3n) is 7.02. The summed E-state index contributed by atoms with van der Waals surface area (Å²) in [5, 5.41) is 0. The zero-order chi connectivity index (χ0) is 26.2. The predicted octanol–water partition coefficient (Wildman–Crippen LogP) is 5.95. The first-order chi connectivity index (χ1) is 17.8. The second kappa shape index (κ2) is 10.9. The number of ether oxygens (including phenoxy) is 1. The van der Waals surface area contributed by atoms with Crippen molar-refractivity contribution in [2.45, 2.75) is 33.7 Å². The van der Waals surface area contributed by atoms with E-state index in [4.69, 9.17) is 9.72 Å². The number of nitrogens with zero attached hydrogens (tertiary/aromatic N) is 4. The lowest BCUT2D eigenvalue weighted by Gasteiger charge is -2.27. The van der Waals surface area contributed by atoms with Crippen LogP contribution in [0.25, 0.3) is 22.4 Å². The number of para-hydroxylation sites is 2. The average molecular weight is 533 g/mol. The molecular formula is C30H33ClN4O3. The van der Waals surface area contributed by atoms with Gasteiger partial charge in [-0.3, -0.25) is 9.59 Å². The highest BCUT2D eigenvalue weighted by molar-refractivity contribution is 6.20. The van der Waals surface area contributed by atoms with Crippen molar-refractivity contribution in [1.82, 2.24) is 9.55 Å². The second-order valence-electron chi connectivity index (χ2n) is 9.83. The summed E-state index contributed by atoms with van der Waals surface area (Å²) in [6, 6.07) is 24.0. The van der Waals surface area contributed by atoms with Crippen LogP contribution in [0, 0.1) is 5.41 Å². The number of amides is 2. The summed E-state index contributed by atoms with van der Waals surface area (Å²) in [6.45, 7) is 7.02. The Morgan fingerprint density at radius 2 is 1.61 bits per heavy atom. The van der Waals surface area contributed by atoms with Gasteiger partial charge in [0, 0.05) is 31.8 Å². The summed E-state index contributed by atoms with van der Waals surface area (Å²) in [6.07, 6.45) is 0.776. The monoisotopic (exact) mass is 532 g/mol. The lowest BCUT2D eigenvalue weighted by atomic mass is 9.90. The van der Waals surface area contributed by atoms with Crippen molar-refractivity contribution in [2.75, 3.05) is 30.0 Å². The van der Waals surface area contributed by atoms with Crippen molar-refractivity contribution in [3.05, 3.63) is 72.8 Å². The topological polar surface area (TPSA) is 67.7 Å².